The topological polar surface area (TPSA) is 38.8 Å². The van der Waals surface area contributed by atoms with Crippen molar-refractivity contribution in [2.75, 3.05) is 0 Å². The summed E-state index contributed by atoms with van der Waals surface area (Å²) in [5.41, 5.74) is 1.34. The quantitative estimate of drug-likeness (QED) is 0.724. The Kier molecular flexibility index (Phi) is 4.67. The number of nitrogens with zero attached hydrogens (tertiary/aromatic N) is 1. The van der Waals surface area contributed by atoms with Crippen LogP contribution in [0.5, 0.6) is 5.75 Å². The second kappa shape index (κ2) is 6.52. The molecule has 3 rings (SSSR count). The number of carbonyl (C=O) groups excluding carboxylic acids is 1. The van der Waals surface area contributed by atoms with Gasteiger partial charge >= 0.3 is 12.5 Å². The van der Waals surface area contributed by atoms with Crippen molar-refractivity contribution in [1.82, 2.24) is 4.90 Å². The fourth-order valence-corrected chi connectivity index (χ4v) is 3.51. The molecule has 0 saturated carbocycles. The molecule has 2 atom stereocenters. The Labute approximate surface area is 150 Å². The van der Waals surface area contributed by atoms with Gasteiger partial charge in [-0.25, -0.2) is 4.79 Å². The highest BCUT2D eigenvalue weighted by Crippen LogP contribution is 2.39. The van der Waals surface area contributed by atoms with Crippen LogP contribution < -0.4 is 4.74 Å². The van der Waals surface area contributed by atoms with Crippen LogP contribution in [-0.2, 0) is 4.74 Å². The summed E-state index contributed by atoms with van der Waals surface area (Å²) in [5, 5.41) is 0. The summed E-state index contributed by atoms with van der Waals surface area (Å²) in [6.45, 7) is 5.51. The van der Waals surface area contributed by atoms with Crippen molar-refractivity contribution in [2.24, 2.45) is 0 Å². The van der Waals surface area contributed by atoms with Gasteiger partial charge in [-0.15, -0.1) is 13.2 Å². The maximum absolute atomic E-state index is 12.4. The first-order valence-electron chi connectivity index (χ1n) is 8.60. The van der Waals surface area contributed by atoms with E-state index in [-0.39, 0.29) is 23.9 Å². The van der Waals surface area contributed by atoms with Gasteiger partial charge < -0.3 is 9.47 Å². The van der Waals surface area contributed by atoms with Gasteiger partial charge in [-0.3, -0.25) is 4.90 Å². The van der Waals surface area contributed by atoms with E-state index in [1.807, 2.05) is 26.8 Å². The molecule has 0 aliphatic carbocycles. The molecule has 0 spiro atoms. The van der Waals surface area contributed by atoms with E-state index in [0.717, 1.165) is 24.0 Å². The predicted octanol–water partition coefficient (Wildman–Crippen LogP) is 5.14. The van der Waals surface area contributed by atoms with Crippen LogP contribution in [0.1, 0.15) is 45.6 Å². The van der Waals surface area contributed by atoms with E-state index in [0.29, 0.717) is 6.42 Å². The summed E-state index contributed by atoms with van der Waals surface area (Å²) in [6, 6.07) is 5.88. The van der Waals surface area contributed by atoms with Crippen molar-refractivity contribution in [2.45, 2.75) is 64.1 Å². The fraction of sp³-hybridized carbons (Fsp3) is 0.526. The van der Waals surface area contributed by atoms with Crippen molar-refractivity contribution in [3.63, 3.8) is 0 Å². The minimum Gasteiger partial charge on any atom is -0.444 e. The highest BCUT2D eigenvalue weighted by atomic mass is 19.4. The zero-order chi connectivity index (χ0) is 19.1. The highest BCUT2D eigenvalue weighted by molar-refractivity contribution is 5.75. The van der Waals surface area contributed by atoms with Crippen LogP contribution in [0.25, 0.3) is 5.57 Å². The molecule has 1 aromatic carbocycles. The van der Waals surface area contributed by atoms with E-state index in [4.69, 9.17) is 4.74 Å². The van der Waals surface area contributed by atoms with Crippen molar-refractivity contribution >= 4 is 11.7 Å². The van der Waals surface area contributed by atoms with E-state index >= 15 is 0 Å². The highest BCUT2D eigenvalue weighted by Gasteiger charge is 2.41. The molecule has 1 amide bonds. The second-order valence-corrected chi connectivity index (χ2v) is 7.65. The smallest absolute Gasteiger partial charge is 0.444 e. The number of fused-ring (bicyclic) bond motifs is 2. The molecule has 0 N–H and O–H groups in total. The first-order valence-corrected chi connectivity index (χ1v) is 8.60. The molecule has 1 saturated heterocycles. The van der Waals surface area contributed by atoms with E-state index in [1.165, 1.54) is 12.1 Å². The molecule has 2 unspecified atom stereocenters. The van der Waals surface area contributed by atoms with Crippen LogP contribution in [-0.4, -0.2) is 35.0 Å². The number of benzene rings is 1. The molecule has 1 aromatic rings. The Hall–Kier alpha value is -2.18. The van der Waals surface area contributed by atoms with Gasteiger partial charge in [-0.1, -0.05) is 18.2 Å². The third kappa shape index (κ3) is 4.31. The predicted molar refractivity (Wildman–Crippen MR) is 90.6 cm³/mol. The van der Waals surface area contributed by atoms with Gasteiger partial charge in [0.05, 0.1) is 6.04 Å². The Morgan fingerprint density at radius 1 is 1.12 bits per heavy atom. The number of hydrogen-bond acceptors (Lipinski definition) is 3. The van der Waals surface area contributed by atoms with Gasteiger partial charge in [-0.2, -0.15) is 0 Å². The number of alkyl halides is 3. The third-order valence-electron chi connectivity index (χ3n) is 4.46. The summed E-state index contributed by atoms with van der Waals surface area (Å²) in [6.07, 6.45) is -0.572. The van der Waals surface area contributed by atoms with E-state index in [2.05, 4.69) is 4.74 Å². The lowest BCUT2D eigenvalue weighted by atomic mass is 9.95. The normalized spacial score (nSPS) is 22.8. The SMILES string of the molecule is CC(C)(C)OC(=O)N1C2C=C(c3ccc(OC(F)(F)F)cc3)CC1CC2. The molecule has 2 bridgehead atoms. The summed E-state index contributed by atoms with van der Waals surface area (Å²) in [7, 11) is 0. The molecule has 26 heavy (non-hydrogen) atoms. The molecule has 2 aliphatic rings. The minimum absolute atomic E-state index is 0.0373. The zero-order valence-corrected chi connectivity index (χ0v) is 15.0. The molecular weight excluding hydrogens is 347 g/mol. The van der Waals surface area contributed by atoms with Gasteiger partial charge in [0.2, 0.25) is 0 Å². The Morgan fingerprint density at radius 2 is 1.77 bits per heavy atom. The number of carbonyl (C=O) groups is 1. The largest absolute Gasteiger partial charge is 0.573 e. The molecule has 7 heteroatoms. The Bertz CT molecular complexity index is 704. The maximum Gasteiger partial charge on any atom is 0.573 e. The first kappa shape index (κ1) is 18.6. The van der Waals surface area contributed by atoms with Gasteiger partial charge in [0.15, 0.2) is 0 Å². The van der Waals surface area contributed by atoms with Crippen LogP contribution in [0.15, 0.2) is 30.3 Å². The molecule has 4 nitrogen and oxygen atoms in total. The van der Waals surface area contributed by atoms with Crippen molar-refractivity contribution < 1.29 is 27.4 Å². The average molecular weight is 369 g/mol. The zero-order valence-electron chi connectivity index (χ0n) is 15.0. The molecule has 0 aromatic heterocycles. The monoisotopic (exact) mass is 369 g/mol. The van der Waals surface area contributed by atoms with Crippen LogP contribution in [0, 0.1) is 0 Å². The third-order valence-corrected chi connectivity index (χ3v) is 4.46. The lowest BCUT2D eigenvalue weighted by Gasteiger charge is -2.35. The Morgan fingerprint density at radius 3 is 2.31 bits per heavy atom. The number of amides is 1. The van der Waals surface area contributed by atoms with Gasteiger partial charge in [0.25, 0.3) is 0 Å². The van der Waals surface area contributed by atoms with Gasteiger partial charge in [0, 0.05) is 6.04 Å². The lowest BCUT2D eigenvalue weighted by molar-refractivity contribution is -0.274. The molecule has 2 heterocycles. The lowest BCUT2D eigenvalue weighted by Crippen LogP contribution is -2.45. The van der Waals surface area contributed by atoms with Gasteiger partial charge in [-0.05, 0) is 63.3 Å². The van der Waals surface area contributed by atoms with E-state index in [1.54, 1.807) is 17.0 Å². The molecular formula is C19H22F3NO3. The van der Waals surface area contributed by atoms with Crippen LogP contribution in [0.4, 0.5) is 18.0 Å². The second-order valence-electron chi connectivity index (χ2n) is 7.65. The van der Waals surface area contributed by atoms with E-state index < -0.39 is 12.0 Å². The summed E-state index contributed by atoms with van der Waals surface area (Å²) in [4.78, 5) is 14.2. The average Bonchev–Trinajstić information content (AvgIpc) is 2.75. The van der Waals surface area contributed by atoms with Crippen LogP contribution in [0.3, 0.4) is 0 Å². The van der Waals surface area contributed by atoms with Crippen molar-refractivity contribution in [3.8, 4) is 5.75 Å². The first-order chi connectivity index (χ1) is 12.0. The van der Waals surface area contributed by atoms with Crippen molar-refractivity contribution in [1.29, 1.82) is 0 Å². The molecule has 2 aliphatic heterocycles. The maximum atomic E-state index is 12.4. The summed E-state index contributed by atoms with van der Waals surface area (Å²) in [5.74, 6) is -0.240. The summed E-state index contributed by atoms with van der Waals surface area (Å²) < 4.78 is 46.2. The number of ether oxygens (including phenoxy) is 2. The summed E-state index contributed by atoms with van der Waals surface area (Å²) >= 11 is 0. The minimum atomic E-state index is -4.70. The number of rotatable bonds is 2. The van der Waals surface area contributed by atoms with Crippen LogP contribution in [0.2, 0.25) is 0 Å². The number of halogens is 3. The van der Waals surface area contributed by atoms with E-state index in [9.17, 15) is 18.0 Å². The standard InChI is InChI=1S/C19H22F3NO3/c1-18(2,3)26-17(24)23-14-6-7-15(23)11-13(10-14)12-4-8-16(9-5-12)25-19(20,21)22/h4-5,8-10,14-15H,6-7,11H2,1-3H3. The number of hydrogen-bond donors (Lipinski definition) is 0. The fourth-order valence-electron chi connectivity index (χ4n) is 3.51. The van der Waals surface area contributed by atoms with Crippen molar-refractivity contribution in [3.05, 3.63) is 35.9 Å². The van der Waals surface area contributed by atoms with Gasteiger partial charge in [0.1, 0.15) is 11.4 Å². The van der Waals surface area contributed by atoms with Crippen LogP contribution >= 0.6 is 0 Å². The molecule has 142 valence electrons. The molecule has 1 fully saturated rings. The molecule has 0 radical (unpaired) electrons. The Balaban J connectivity index is 1.74.